The number of nitrogens with one attached hydrogen (secondary N) is 1. The van der Waals surface area contributed by atoms with Crippen molar-refractivity contribution >= 4 is 117 Å². The van der Waals surface area contributed by atoms with Gasteiger partial charge in [-0.3, -0.25) is 9.80 Å². The molecule has 3 aliphatic heterocycles. The summed E-state index contributed by atoms with van der Waals surface area (Å²) in [6, 6.07) is 19.1. The van der Waals surface area contributed by atoms with Gasteiger partial charge in [0.25, 0.3) is 0 Å². The maximum Gasteiger partial charge on any atom is 1.00 e. The van der Waals surface area contributed by atoms with Crippen LogP contribution in [-0.4, -0.2) is 176 Å². The summed E-state index contributed by atoms with van der Waals surface area (Å²) < 4.78 is 185. The quantitative estimate of drug-likeness (QED) is 0.0205. The Hall–Kier alpha value is -5.49. The molecule has 7 heterocycles. The van der Waals surface area contributed by atoms with E-state index in [0.29, 0.717) is 119 Å². The number of rotatable bonds is 16. The summed E-state index contributed by atoms with van der Waals surface area (Å²) in [4.78, 5) is 59.5. The summed E-state index contributed by atoms with van der Waals surface area (Å²) in [6.45, 7) is 17.9. The summed E-state index contributed by atoms with van der Waals surface area (Å²) in [5, 5.41) is 15.1. The molecular weight excluding hydrogens is 1580 g/mol. The Kier molecular flexibility index (Phi) is 39.3. The number of esters is 3. The fraction of sp³-hybridized carbons (Fsp3) is 0.409. The van der Waals surface area contributed by atoms with Crippen molar-refractivity contribution in [2.24, 2.45) is 4.30 Å². The van der Waals surface area contributed by atoms with Crippen LogP contribution in [0.4, 0.5) is 52.7 Å². The third kappa shape index (κ3) is 29.1. The summed E-state index contributed by atoms with van der Waals surface area (Å²) in [7, 11) is 4.34. The summed E-state index contributed by atoms with van der Waals surface area (Å²) in [6.07, 6.45) is -17.5. The van der Waals surface area contributed by atoms with Crippen LogP contribution in [0.25, 0.3) is 42.3 Å². The van der Waals surface area contributed by atoms with Crippen LogP contribution >= 0.6 is 74.1 Å². The van der Waals surface area contributed by atoms with Crippen molar-refractivity contribution in [1.29, 1.82) is 0 Å². The van der Waals surface area contributed by atoms with Gasteiger partial charge in [0.15, 0.2) is 17.4 Å². The van der Waals surface area contributed by atoms with Crippen molar-refractivity contribution in [2.75, 3.05) is 98.7 Å². The number of alkyl halides is 13. The van der Waals surface area contributed by atoms with E-state index in [1.54, 1.807) is 27.7 Å². The smallest absolute Gasteiger partial charge is 1.00 e. The van der Waals surface area contributed by atoms with Gasteiger partial charge in [-0.05, 0) is 76.2 Å². The van der Waals surface area contributed by atoms with Crippen LogP contribution in [0.3, 0.4) is 0 Å². The number of hydrogen-bond donors (Lipinski definition) is 3. The van der Waals surface area contributed by atoms with Gasteiger partial charge in [-0.2, -0.15) is 52.7 Å². The third-order valence-corrected chi connectivity index (χ3v) is 19.4. The summed E-state index contributed by atoms with van der Waals surface area (Å²) >= 11 is 11.1. The molecule has 0 bridgehead atoms. The van der Waals surface area contributed by atoms with Crippen molar-refractivity contribution < 1.29 is 121 Å². The molecule has 0 unspecified atom stereocenters. The number of aromatic nitrogens is 4. The number of halogens is 13. The van der Waals surface area contributed by atoms with Crippen molar-refractivity contribution in [3.05, 3.63) is 162 Å². The predicted molar refractivity (Wildman–Crippen MR) is 385 cm³/mol. The molecule has 18 nitrogen and oxygen atoms in total. The van der Waals surface area contributed by atoms with Crippen molar-refractivity contribution in [3.8, 4) is 42.3 Å². The molecule has 4 aromatic carbocycles. The van der Waals surface area contributed by atoms with Gasteiger partial charge in [-0.25, -0.2) is 34.3 Å². The van der Waals surface area contributed by atoms with E-state index < -0.39 is 64.9 Å². The zero-order valence-electron chi connectivity index (χ0n) is 57.5. The van der Waals surface area contributed by atoms with Crippen LogP contribution < -0.4 is 24.2 Å². The summed E-state index contributed by atoms with van der Waals surface area (Å²) in [5.41, 5.74) is 1.75. The molecule has 3 saturated heterocycles. The van der Waals surface area contributed by atoms with E-state index in [1.165, 1.54) is 59.9 Å². The topological polar surface area (TPSA) is 209 Å². The van der Waals surface area contributed by atoms with Crippen LogP contribution in [0.5, 0.6) is 0 Å². The number of thiazole rings is 4. The first-order valence-corrected chi connectivity index (χ1v) is 36.0. The number of thiol groups is 1. The fourth-order valence-corrected chi connectivity index (χ4v) is 13.6. The Morgan fingerprint density at radius 2 is 0.810 bits per heavy atom. The Morgan fingerprint density at radius 3 is 1.11 bits per heavy atom. The number of aryl methyl sites for hydroxylation is 1. The van der Waals surface area contributed by atoms with Gasteiger partial charge in [0.1, 0.15) is 34.7 Å². The number of aliphatic hydroxyl groups is 1. The molecule has 2 N–H and O–H groups in total. The van der Waals surface area contributed by atoms with Gasteiger partial charge in [-0.15, -0.1) is 45.3 Å². The number of morpholine rings is 3. The zero-order chi connectivity index (χ0) is 75.5. The molecule has 565 valence electrons. The Balaban J connectivity index is 0.000000350. The van der Waals surface area contributed by atoms with E-state index in [0.717, 1.165) is 146 Å². The van der Waals surface area contributed by atoms with Crippen LogP contribution in [0, 0.1) is 6.92 Å². The van der Waals surface area contributed by atoms with Gasteiger partial charge < -0.3 is 40.3 Å². The average molecular weight is 1650 g/mol. The molecule has 0 saturated carbocycles. The molecule has 39 heteroatoms. The van der Waals surface area contributed by atoms with Crippen LogP contribution in [-0.2, 0) is 78.2 Å². The van der Waals surface area contributed by atoms with E-state index in [-0.39, 0.29) is 64.1 Å². The molecule has 105 heavy (non-hydrogen) atoms. The maximum atomic E-state index is 12.8. The van der Waals surface area contributed by atoms with Gasteiger partial charge >= 0.3 is 86.2 Å². The minimum absolute atomic E-state index is 0. The number of benzene rings is 4. The minimum atomic E-state index is -4.39. The molecule has 1 radical (unpaired) electrons. The first-order chi connectivity index (χ1) is 49.0. The fourth-order valence-electron chi connectivity index (χ4n) is 9.19. The number of ether oxygens (including phenoxy) is 6. The Labute approximate surface area is 652 Å². The van der Waals surface area contributed by atoms with E-state index >= 15 is 0 Å². The van der Waals surface area contributed by atoms with Crippen LogP contribution in [0.15, 0.2) is 101 Å². The molecule has 0 aliphatic carbocycles. The third-order valence-electron chi connectivity index (χ3n) is 14.3. The molecule has 0 spiro atoms. The second kappa shape index (κ2) is 44.9. The number of carbonyl (C=O) groups excluding carboxylic acids is 3. The average Bonchev–Trinajstić information content (AvgIpc) is 1.67. The maximum absolute atomic E-state index is 12.8. The molecule has 8 aromatic rings. The molecule has 3 fully saturated rings. The monoisotopic (exact) mass is 1650 g/mol. The van der Waals surface area contributed by atoms with E-state index in [2.05, 4.69) is 75.7 Å². The number of hydrogen-bond acceptors (Lipinski definition) is 23. The van der Waals surface area contributed by atoms with Gasteiger partial charge in [0, 0.05) is 79.9 Å². The van der Waals surface area contributed by atoms with Crippen molar-refractivity contribution in [3.63, 3.8) is 0 Å². The van der Waals surface area contributed by atoms with E-state index in [4.69, 9.17) is 28.4 Å². The second-order valence-corrected chi connectivity index (χ2v) is 26.3. The normalized spacial score (nSPS) is 14.0. The van der Waals surface area contributed by atoms with E-state index in [1.807, 2.05) is 0 Å². The van der Waals surface area contributed by atoms with Gasteiger partial charge in [0.05, 0.1) is 116 Å². The molecule has 3 aliphatic rings. The largest absolute Gasteiger partial charge is 1.00 e. The Morgan fingerprint density at radius 1 is 0.524 bits per heavy atom. The number of carbonyl (C=O) groups is 3. The van der Waals surface area contributed by atoms with Gasteiger partial charge in [0.2, 0.25) is 0 Å². The van der Waals surface area contributed by atoms with E-state index in [9.17, 15) is 72.2 Å². The standard InChI is InChI=1S/C18H19F3N2O3S.C16H17F3N2O2S.C14H11BrF3NO2S.C14H12F3NO2S.C4H9NO.Al.BHNS.Li.4H/c1-2-26-17(24)15-14(11-23-7-9-25-10-8-23)22-16(27-15)12-3-5-13(6-4-12)18(19,20)21;17-16(18,19)12-3-1-11(2-4-12)15-20-13(14(10-22)24-15)9-21-5-7-23-8-6-21;1-2-21-13(20)11-10(7-15)19-12(22-11)8-3-5-9(6-4-8)14(16,17)18;1-3-20-13(19)11-8(2)18-12(21-11)9-4-6-10(7-5-9)14(15,16)17;1-3-6-4-2-5-1;;1-2-3;;;;;/h3-6H,2,7-11H2,1H3;1-4,22H,5-10H2;3-6H,2,7H2,1H3;4-7H,3H2,1-2H3;5H,1-4H2;;3H;;;;;/q;;;;;;;+1;;;;-1. The number of aliphatic hydroxyl groups excluding tert-OH is 1. The van der Waals surface area contributed by atoms with Crippen molar-refractivity contribution in [2.45, 2.75) is 77.4 Å². The predicted octanol–water partition coefficient (Wildman–Crippen LogP) is 11.9. The Bertz CT molecular complexity index is 3960. The number of nitrogens with zero attached hydrogens (tertiary/aromatic N) is 7. The SMILES string of the molecule is C1COCCN1.CCOC(=O)c1sc(-c2ccc(C(F)(F)F)cc2)nc1C.CCOC(=O)c1sc(-c2ccc(C(F)(F)F)cc2)nc1CBr.CCOC(=O)c1sc(-c2ccc(C(F)(F)F)cc2)nc1CN1CCOCC1.OCc1sc(-c2ccc(C(F)(F)F)cc2)nc1CN1CCOCC1.[AlH3].[B]=NS.[H-].[Li+]. The zero-order valence-corrected chi connectivity index (χ0v) is 62.2. The molecule has 11 rings (SSSR count). The first-order valence-electron chi connectivity index (χ1n) is 31.2. The van der Waals surface area contributed by atoms with Crippen LogP contribution in [0.2, 0.25) is 0 Å². The minimum Gasteiger partial charge on any atom is -1.00 e. The second-order valence-electron chi connectivity index (χ2n) is 21.4. The molecule has 0 atom stereocenters. The van der Waals surface area contributed by atoms with Crippen LogP contribution in [0.1, 0.15) is 101 Å². The molecule has 0 amide bonds. The summed E-state index contributed by atoms with van der Waals surface area (Å²) in [5.74, 6) is -1.41. The molecular formula is C66H73AlBBrF12LiN8O10S5. The van der Waals surface area contributed by atoms with Crippen molar-refractivity contribution in [1.82, 2.24) is 35.1 Å². The first kappa shape index (κ1) is 91.9. The van der Waals surface area contributed by atoms with Gasteiger partial charge in [-0.1, -0.05) is 64.5 Å². The molecule has 4 aromatic heterocycles.